The molecular formula is C15H16F3NO2. The van der Waals surface area contributed by atoms with Gasteiger partial charge in [0.15, 0.2) is 0 Å². The van der Waals surface area contributed by atoms with Crippen molar-refractivity contribution < 1.29 is 22.8 Å². The van der Waals surface area contributed by atoms with Crippen LogP contribution in [-0.4, -0.2) is 29.4 Å². The molecule has 1 aromatic rings. The molecule has 1 aliphatic rings. The van der Waals surface area contributed by atoms with Gasteiger partial charge >= 0.3 is 6.18 Å². The molecule has 0 spiro atoms. The minimum absolute atomic E-state index is 0.0889. The summed E-state index contributed by atoms with van der Waals surface area (Å²) in [5.41, 5.74) is 0.805. The summed E-state index contributed by atoms with van der Waals surface area (Å²) in [5, 5.41) is 0. The molecule has 0 radical (unpaired) electrons. The molecule has 0 N–H and O–H groups in total. The van der Waals surface area contributed by atoms with Crippen LogP contribution in [0.4, 0.5) is 13.2 Å². The van der Waals surface area contributed by atoms with Crippen molar-refractivity contribution in [2.75, 3.05) is 6.54 Å². The first kappa shape index (κ1) is 15.5. The molecule has 2 rings (SSSR count). The number of carbonyl (C=O) groups excluding carboxylic acids is 2. The number of imide groups is 1. The van der Waals surface area contributed by atoms with Crippen molar-refractivity contribution in [2.24, 2.45) is 0 Å². The van der Waals surface area contributed by atoms with Gasteiger partial charge in [0, 0.05) is 13.0 Å². The number of benzene rings is 1. The van der Waals surface area contributed by atoms with Gasteiger partial charge in [0.2, 0.25) is 0 Å². The highest BCUT2D eigenvalue weighted by molar-refractivity contribution is 6.21. The molecule has 1 aliphatic heterocycles. The van der Waals surface area contributed by atoms with E-state index < -0.39 is 12.6 Å². The SMILES string of the molecule is O=C1c2ccccc2C(=O)N1CCCCCCC(F)(F)F. The number of unbranched alkanes of at least 4 members (excludes halogenated alkanes) is 3. The van der Waals surface area contributed by atoms with Gasteiger partial charge in [-0.25, -0.2) is 0 Å². The maximum atomic E-state index is 12.0. The van der Waals surface area contributed by atoms with Crippen molar-refractivity contribution >= 4 is 11.8 Å². The second-order valence-electron chi connectivity index (χ2n) is 5.09. The molecule has 0 atom stereocenters. The maximum Gasteiger partial charge on any atom is 0.389 e. The van der Waals surface area contributed by atoms with E-state index in [1.807, 2.05) is 0 Å². The monoisotopic (exact) mass is 299 g/mol. The molecule has 3 nitrogen and oxygen atoms in total. The summed E-state index contributed by atoms with van der Waals surface area (Å²) in [6, 6.07) is 6.62. The van der Waals surface area contributed by atoms with Crippen molar-refractivity contribution in [2.45, 2.75) is 38.3 Å². The molecule has 6 heteroatoms. The first-order valence-corrected chi connectivity index (χ1v) is 6.92. The number of nitrogens with zero attached hydrogens (tertiary/aromatic N) is 1. The van der Waals surface area contributed by atoms with Gasteiger partial charge in [-0.05, 0) is 25.0 Å². The van der Waals surface area contributed by atoms with E-state index in [-0.39, 0.29) is 24.8 Å². The number of amides is 2. The van der Waals surface area contributed by atoms with E-state index in [9.17, 15) is 22.8 Å². The van der Waals surface area contributed by atoms with Crippen LogP contribution in [0.3, 0.4) is 0 Å². The average molecular weight is 299 g/mol. The van der Waals surface area contributed by atoms with Gasteiger partial charge in [0.05, 0.1) is 11.1 Å². The second-order valence-corrected chi connectivity index (χ2v) is 5.09. The average Bonchev–Trinajstić information content (AvgIpc) is 2.66. The molecule has 0 saturated carbocycles. The minimum Gasteiger partial charge on any atom is -0.274 e. The number of halogens is 3. The lowest BCUT2D eigenvalue weighted by molar-refractivity contribution is -0.135. The highest BCUT2D eigenvalue weighted by Gasteiger charge is 2.34. The van der Waals surface area contributed by atoms with Crippen LogP contribution in [0, 0.1) is 0 Å². The van der Waals surface area contributed by atoms with Crippen LogP contribution in [-0.2, 0) is 0 Å². The molecule has 0 unspecified atom stereocenters. The predicted octanol–water partition coefficient (Wildman–Crippen LogP) is 3.80. The Balaban J connectivity index is 1.76. The predicted molar refractivity (Wildman–Crippen MR) is 70.9 cm³/mol. The first-order chi connectivity index (χ1) is 9.90. The largest absolute Gasteiger partial charge is 0.389 e. The first-order valence-electron chi connectivity index (χ1n) is 6.92. The smallest absolute Gasteiger partial charge is 0.274 e. The molecule has 0 aromatic heterocycles. The Morgan fingerprint density at radius 3 is 1.90 bits per heavy atom. The Hall–Kier alpha value is -1.85. The van der Waals surface area contributed by atoms with E-state index in [4.69, 9.17) is 0 Å². The van der Waals surface area contributed by atoms with Crippen LogP contribution in [0.15, 0.2) is 24.3 Å². The van der Waals surface area contributed by atoms with E-state index in [1.54, 1.807) is 24.3 Å². The summed E-state index contributed by atoms with van der Waals surface area (Å²) in [5.74, 6) is -0.628. The lowest BCUT2D eigenvalue weighted by Gasteiger charge is -2.13. The van der Waals surface area contributed by atoms with Crippen LogP contribution in [0.1, 0.15) is 52.8 Å². The van der Waals surface area contributed by atoms with Crippen LogP contribution in [0.5, 0.6) is 0 Å². The summed E-state index contributed by atoms with van der Waals surface area (Å²) in [6.45, 7) is 0.262. The van der Waals surface area contributed by atoms with Crippen LogP contribution < -0.4 is 0 Å². The van der Waals surface area contributed by atoms with Gasteiger partial charge in [-0.3, -0.25) is 14.5 Å². The zero-order valence-corrected chi connectivity index (χ0v) is 11.4. The van der Waals surface area contributed by atoms with Crippen molar-refractivity contribution in [1.82, 2.24) is 4.90 Å². The number of carbonyl (C=O) groups is 2. The quantitative estimate of drug-likeness (QED) is 0.592. The summed E-state index contributed by atoms with van der Waals surface area (Å²) in [7, 11) is 0. The van der Waals surface area contributed by atoms with E-state index >= 15 is 0 Å². The number of rotatable bonds is 6. The second kappa shape index (κ2) is 6.28. The normalized spacial score (nSPS) is 14.7. The molecule has 0 bridgehead atoms. The van der Waals surface area contributed by atoms with E-state index in [0.29, 0.717) is 30.4 Å². The molecule has 1 heterocycles. The van der Waals surface area contributed by atoms with Gasteiger partial charge in [0.25, 0.3) is 11.8 Å². The van der Waals surface area contributed by atoms with E-state index in [0.717, 1.165) is 0 Å². The molecule has 0 fully saturated rings. The van der Waals surface area contributed by atoms with Gasteiger partial charge in [-0.1, -0.05) is 25.0 Å². The summed E-state index contributed by atoms with van der Waals surface area (Å²) in [4.78, 5) is 25.2. The number of hydrogen-bond donors (Lipinski definition) is 0. The Labute approximate surface area is 120 Å². The van der Waals surface area contributed by atoms with Crippen LogP contribution in [0.25, 0.3) is 0 Å². The number of hydrogen-bond acceptors (Lipinski definition) is 2. The van der Waals surface area contributed by atoms with Crippen molar-refractivity contribution in [1.29, 1.82) is 0 Å². The number of fused-ring (bicyclic) bond motifs is 1. The molecule has 21 heavy (non-hydrogen) atoms. The molecule has 0 aliphatic carbocycles. The van der Waals surface area contributed by atoms with Crippen molar-refractivity contribution in [3.63, 3.8) is 0 Å². The topological polar surface area (TPSA) is 37.4 Å². The fraction of sp³-hybridized carbons (Fsp3) is 0.467. The highest BCUT2D eigenvalue weighted by Crippen LogP contribution is 2.24. The van der Waals surface area contributed by atoms with Gasteiger partial charge in [-0.15, -0.1) is 0 Å². The number of alkyl halides is 3. The molecular weight excluding hydrogens is 283 g/mol. The maximum absolute atomic E-state index is 12.0. The highest BCUT2D eigenvalue weighted by atomic mass is 19.4. The lowest BCUT2D eigenvalue weighted by Crippen LogP contribution is -2.30. The standard InChI is InChI=1S/C15H16F3NO2/c16-15(17,18)9-5-1-2-6-10-19-13(20)11-7-3-4-8-12(11)14(19)21/h3-4,7-8H,1-2,5-6,9-10H2. The van der Waals surface area contributed by atoms with Gasteiger partial charge in [0.1, 0.15) is 0 Å². The van der Waals surface area contributed by atoms with Gasteiger partial charge < -0.3 is 0 Å². The van der Waals surface area contributed by atoms with E-state index in [1.165, 1.54) is 4.90 Å². The van der Waals surface area contributed by atoms with Crippen LogP contribution >= 0.6 is 0 Å². The Bertz CT molecular complexity index is 505. The lowest BCUT2D eigenvalue weighted by atomic mass is 10.1. The Kier molecular flexibility index (Phi) is 4.65. The Morgan fingerprint density at radius 1 is 0.857 bits per heavy atom. The zero-order valence-electron chi connectivity index (χ0n) is 11.4. The van der Waals surface area contributed by atoms with Crippen molar-refractivity contribution in [3.8, 4) is 0 Å². The minimum atomic E-state index is -4.11. The summed E-state index contributed by atoms with van der Waals surface area (Å²) < 4.78 is 35.9. The molecule has 0 saturated heterocycles. The summed E-state index contributed by atoms with van der Waals surface area (Å²) in [6.07, 6.45) is -3.25. The summed E-state index contributed by atoms with van der Waals surface area (Å²) >= 11 is 0. The zero-order chi connectivity index (χ0) is 15.5. The van der Waals surface area contributed by atoms with Gasteiger partial charge in [-0.2, -0.15) is 13.2 Å². The van der Waals surface area contributed by atoms with Crippen molar-refractivity contribution in [3.05, 3.63) is 35.4 Å². The van der Waals surface area contributed by atoms with E-state index in [2.05, 4.69) is 0 Å². The fourth-order valence-corrected chi connectivity index (χ4v) is 2.39. The Morgan fingerprint density at radius 2 is 1.38 bits per heavy atom. The molecule has 1 aromatic carbocycles. The third kappa shape index (κ3) is 3.83. The molecule has 2 amide bonds. The fourth-order valence-electron chi connectivity index (χ4n) is 2.39. The molecule has 114 valence electrons. The third-order valence-electron chi connectivity index (χ3n) is 3.47. The third-order valence-corrected chi connectivity index (χ3v) is 3.47. The van der Waals surface area contributed by atoms with Crippen LogP contribution in [0.2, 0.25) is 0 Å².